The summed E-state index contributed by atoms with van der Waals surface area (Å²) in [5, 5.41) is 14.9. The molecule has 0 amide bonds. The SMILES string of the molecule is CSC1CCC(Nc2nc(Cl)nc(C)c2[N+](=O)[O-])C1. The topological polar surface area (TPSA) is 81.0 Å². The summed E-state index contributed by atoms with van der Waals surface area (Å²) in [6, 6.07) is 0.210. The molecule has 2 unspecified atom stereocenters. The molecule has 2 rings (SSSR count). The van der Waals surface area contributed by atoms with Gasteiger partial charge in [0.05, 0.1) is 4.92 Å². The molecular weight excluding hydrogens is 288 g/mol. The van der Waals surface area contributed by atoms with Crippen molar-refractivity contribution in [3.05, 3.63) is 21.1 Å². The molecule has 0 spiro atoms. The predicted molar refractivity (Wildman–Crippen MR) is 77.0 cm³/mol. The summed E-state index contributed by atoms with van der Waals surface area (Å²) < 4.78 is 0. The fourth-order valence-electron chi connectivity index (χ4n) is 2.33. The number of aromatic nitrogens is 2. The van der Waals surface area contributed by atoms with Crippen molar-refractivity contribution in [1.29, 1.82) is 0 Å². The van der Waals surface area contributed by atoms with Crippen molar-refractivity contribution in [1.82, 2.24) is 9.97 Å². The van der Waals surface area contributed by atoms with Crippen molar-refractivity contribution in [2.75, 3.05) is 11.6 Å². The highest BCUT2D eigenvalue weighted by molar-refractivity contribution is 7.99. The van der Waals surface area contributed by atoms with Crippen LogP contribution in [0.15, 0.2) is 0 Å². The maximum atomic E-state index is 11.1. The number of aryl methyl sites for hydroxylation is 1. The molecule has 8 heteroatoms. The van der Waals surface area contributed by atoms with E-state index in [0.29, 0.717) is 5.25 Å². The smallest absolute Gasteiger partial charge is 0.332 e. The molecule has 1 aromatic rings. The number of halogens is 1. The number of nitro groups is 1. The minimum absolute atomic E-state index is 0.0324. The second-order valence-corrected chi connectivity index (χ2v) is 6.02. The summed E-state index contributed by atoms with van der Waals surface area (Å²) in [7, 11) is 0. The molecule has 104 valence electrons. The average molecular weight is 303 g/mol. The molecule has 1 aliphatic rings. The van der Waals surface area contributed by atoms with Crippen LogP contribution in [-0.4, -0.2) is 32.4 Å². The lowest BCUT2D eigenvalue weighted by Gasteiger charge is -2.14. The molecule has 6 nitrogen and oxygen atoms in total. The highest BCUT2D eigenvalue weighted by Gasteiger charge is 2.28. The molecule has 0 aliphatic heterocycles. The lowest BCUT2D eigenvalue weighted by Crippen LogP contribution is -2.18. The Morgan fingerprint density at radius 2 is 2.21 bits per heavy atom. The Labute approximate surface area is 120 Å². The summed E-state index contributed by atoms with van der Waals surface area (Å²) in [6.07, 6.45) is 5.17. The third-order valence-corrected chi connectivity index (χ3v) is 4.54. The van der Waals surface area contributed by atoms with E-state index < -0.39 is 4.92 Å². The van der Waals surface area contributed by atoms with Gasteiger partial charge in [0.25, 0.3) is 0 Å². The maximum absolute atomic E-state index is 11.1. The average Bonchev–Trinajstić information content (AvgIpc) is 2.75. The third-order valence-electron chi connectivity index (χ3n) is 3.27. The number of rotatable bonds is 4. The Balaban J connectivity index is 2.22. The molecule has 1 N–H and O–H groups in total. The molecule has 0 bridgehead atoms. The van der Waals surface area contributed by atoms with E-state index in [4.69, 9.17) is 11.6 Å². The van der Waals surface area contributed by atoms with Gasteiger partial charge >= 0.3 is 5.69 Å². The van der Waals surface area contributed by atoms with Gasteiger partial charge in [-0.1, -0.05) is 0 Å². The highest BCUT2D eigenvalue weighted by Crippen LogP contribution is 2.33. The minimum atomic E-state index is -0.463. The Hall–Kier alpha value is -1.08. The van der Waals surface area contributed by atoms with Gasteiger partial charge < -0.3 is 5.32 Å². The largest absolute Gasteiger partial charge is 0.361 e. The molecule has 0 aromatic carbocycles. The van der Waals surface area contributed by atoms with Crippen LogP contribution in [0.3, 0.4) is 0 Å². The Morgan fingerprint density at radius 3 is 2.79 bits per heavy atom. The lowest BCUT2D eigenvalue weighted by molar-refractivity contribution is -0.385. The number of thioether (sulfide) groups is 1. The number of hydrogen-bond acceptors (Lipinski definition) is 6. The zero-order valence-electron chi connectivity index (χ0n) is 10.7. The van der Waals surface area contributed by atoms with Crippen LogP contribution >= 0.6 is 23.4 Å². The van der Waals surface area contributed by atoms with Crippen molar-refractivity contribution in [3.8, 4) is 0 Å². The summed E-state index contributed by atoms with van der Waals surface area (Å²) in [6.45, 7) is 1.57. The van der Waals surface area contributed by atoms with Crippen LogP contribution in [0.4, 0.5) is 11.5 Å². The quantitative estimate of drug-likeness (QED) is 0.523. The Kier molecular flexibility index (Phi) is 4.46. The van der Waals surface area contributed by atoms with E-state index in [2.05, 4.69) is 21.5 Å². The van der Waals surface area contributed by atoms with Gasteiger partial charge in [-0.15, -0.1) is 0 Å². The van der Waals surface area contributed by atoms with Crippen molar-refractivity contribution >= 4 is 34.9 Å². The van der Waals surface area contributed by atoms with Gasteiger partial charge in [0.15, 0.2) is 0 Å². The Bertz CT molecular complexity index is 500. The van der Waals surface area contributed by atoms with E-state index in [0.717, 1.165) is 19.3 Å². The highest BCUT2D eigenvalue weighted by atomic mass is 35.5. The molecule has 1 fully saturated rings. The van der Waals surface area contributed by atoms with Crippen LogP contribution in [0.2, 0.25) is 5.28 Å². The van der Waals surface area contributed by atoms with Gasteiger partial charge in [0, 0.05) is 11.3 Å². The molecule has 1 saturated carbocycles. The van der Waals surface area contributed by atoms with Gasteiger partial charge in [-0.05, 0) is 44.0 Å². The fourth-order valence-corrected chi connectivity index (χ4v) is 3.34. The zero-order valence-corrected chi connectivity index (χ0v) is 12.3. The number of hydrogen-bond donors (Lipinski definition) is 1. The molecule has 0 radical (unpaired) electrons. The molecule has 1 aromatic heterocycles. The van der Waals surface area contributed by atoms with Crippen molar-refractivity contribution in [3.63, 3.8) is 0 Å². The normalized spacial score (nSPS) is 22.5. The molecule has 2 atom stereocenters. The van der Waals surface area contributed by atoms with E-state index >= 15 is 0 Å². The molecule has 1 aliphatic carbocycles. The van der Waals surface area contributed by atoms with Gasteiger partial charge in [-0.2, -0.15) is 16.7 Å². The van der Waals surface area contributed by atoms with Crippen LogP contribution in [0, 0.1) is 17.0 Å². The minimum Gasteiger partial charge on any atom is -0.361 e. The first-order chi connectivity index (χ1) is 9.01. The maximum Gasteiger partial charge on any atom is 0.332 e. The molecular formula is C11H15ClN4O2S. The molecule has 19 heavy (non-hydrogen) atoms. The van der Waals surface area contributed by atoms with Crippen LogP contribution < -0.4 is 5.32 Å². The molecule has 0 saturated heterocycles. The number of nitrogens with zero attached hydrogens (tertiary/aromatic N) is 3. The second-order valence-electron chi connectivity index (χ2n) is 4.54. The summed E-state index contributed by atoms with van der Waals surface area (Å²) >= 11 is 7.61. The van der Waals surface area contributed by atoms with Gasteiger partial charge in [0.1, 0.15) is 5.69 Å². The fraction of sp³-hybridized carbons (Fsp3) is 0.636. The summed E-state index contributed by atoms with van der Waals surface area (Å²) in [4.78, 5) is 18.4. The predicted octanol–water partition coefficient (Wildman–Crippen LogP) is 3.04. The first-order valence-corrected chi connectivity index (χ1v) is 7.65. The van der Waals surface area contributed by atoms with E-state index in [1.807, 2.05) is 11.8 Å². The number of nitrogens with one attached hydrogen (secondary N) is 1. The van der Waals surface area contributed by atoms with Crippen molar-refractivity contribution < 1.29 is 4.92 Å². The second kappa shape index (κ2) is 5.92. The first kappa shape index (κ1) is 14.3. The Morgan fingerprint density at radius 1 is 1.47 bits per heavy atom. The van der Waals surface area contributed by atoms with Crippen LogP contribution in [-0.2, 0) is 0 Å². The number of anilines is 1. The zero-order chi connectivity index (χ0) is 14.0. The van der Waals surface area contributed by atoms with Crippen molar-refractivity contribution in [2.45, 2.75) is 37.5 Å². The van der Waals surface area contributed by atoms with Crippen LogP contribution in [0.5, 0.6) is 0 Å². The first-order valence-electron chi connectivity index (χ1n) is 5.99. The monoisotopic (exact) mass is 302 g/mol. The van der Waals surface area contributed by atoms with Crippen molar-refractivity contribution in [2.24, 2.45) is 0 Å². The van der Waals surface area contributed by atoms with E-state index in [9.17, 15) is 10.1 Å². The van der Waals surface area contributed by atoms with Gasteiger partial charge in [0.2, 0.25) is 11.1 Å². The summed E-state index contributed by atoms with van der Waals surface area (Å²) in [5.74, 6) is 0.231. The van der Waals surface area contributed by atoms with Gasteiger partial charge in [-0.25, -0.2) is 4.98 Å². The van der Waals surface area contributed by atoms with Crippen LogP contribution in [0.1, 0.15) is 25.0 Å². The van der Waals surface area contributed by atoms with Gasteiger partial charge in [-0.3, -0.25) is 10.1 Å². The lowest BCUT2D eigenvalue weighted by atomic mass is 10.2. The standard InChI is InChI=1S/C11H15ClN4O2S/c1-6-9(16(17)18)10(15-11(12)13-6)14-7-3-4-8(5-7)19-2/h7-8H,3-5H2,1-2H3,(H,13,14,15). The third kappa shape index (κ3) is 3.27. The molecule has 1 heterocycles. The van der Waals surface area contributed by atoms with E-state index in [1.54, 1.807) is 6.92 Å². The summed E-state index contributed by atoms with van der Waals surface area (Å²) in [5.41, 5.74) is 0.198. The van der Waals surface area contributed by atoms with E-state index in [1.165, 1.54) is 0 Å². The van der Waals surface area contributed by atoms with E-state index in [-0.39, 0.29) is 28.5 Å². The van der Waals surface area contributed by atoms with Crippen LogP contribution in [0.25, 0.3) is 0 Å².